The second kappa shape index (κ2) is 18.3. The summed E-state index contributed by atoms with van der Waals surface area (Å²) in [6.45, 7) is 5.09. The van der Waals surface area contributed by atoms with E-state index in [1.165, 1.54) is 40.4 Å². The Hall–Kier alpha value is -6.04. The monoisotopic (exact) mass is 747 g/mol. The molecule has 0 aliphatic heterocycles. The average molecular weight is 748 g/mol. The average Bonchev–Trinajstić information content (AvgIpc) is 3.15. The zero-order valence-corrected chi connectivity index (χ0v) is 31.8. The Balaban J connectivity index is 1.11. The lowest BCUT2D eigenvalue weighted by Gasteiger charge is -2.23. The number of nitrogens with zero attached hydrogens (tertiary/aromatic N) is 1. The third-order valence-electron chi connectivity index (χ3n) is 9.82. The van der Waals surface area contributed by atoms with Crippen molar-refractivity contribution in [2.75, 3.05) is 25.5 Å². The summed E-state index contributed by atoms with van der Waals surface area (Å²) in [5, 5.41) is 15.1. The Morgan fingerprint density at radius 3 is 2.15 bits per heavy atom. The Morgan fingerprint density at radius 2 is 1.49 bits per heavy atom. The molecule has 0 aromatic heterocycles. The number of carbonyl (C=O) groups is 6. The number of primary amides is 1. The lowest BCUT2D eigenvalue weighted by Crippen LogP contribution is -2.44. The fraction of sp³-hybridized carbons (Fsp3) is 0.349. The molecule has 0 heterocycles. The number of nitrogens with one attached hydrogen (secondary N) is 3. The van der Waals surface area contributed by atoms with Crippen LogP contribution in [-0.2, 0) is 36.9 Å². The molecule has 0 fully saturated rings. The molecule has 5 aromatic carbocycles. The predicted octanol–water partition coefficient (Wildman–Crippen LogP) is 6.48. The topological polar surface area (TPSA) is 177 Å². The third kappa shape index (κ3) is 10.6. The van der Waals surface area contributed by atoms with Crippen LogP contribution in [-0.4, -0.2) is 66.6 Å². The van der Waals surface area contributed by atoms with Crippen LogP contribution in [0.3, 0.4) is 0 Å². The van der Waals surface area contributed by atoms with Crippen LogP contribution in [0.2, 0.25) is 0 Å². The number of benzene rings is 5. The van der Waals surface area contributed by atoms with Gasteiger partial charge < -0.3 is 31.3 Å². The summed E-state index contributed by atoms with van der Waals surface area (Å²) in [4.78, 5) is 76.3. The number of hydrogen-bond donors (Lipinski definition) is 4. The molecule has 0 aliphatic rings. The quantitative estimate of drug-likeness (QED) is 0.0586. The minimum absolute atomic E-state index is 0.0436. The Labute approximate surface area is 320 Å². The fourth-order valence-electron chi connectivity index (χ4n) is 6.97. The number of likely N-dealkylation sites (N-methyl/N-ethyl adjacent to an activating group) is 1. The number of urea groups is 1. The number of ether oxygens (including phenoxy) is 1. The van der Waals surface area contributed by atoms with Gasteiger partial charge in [-0.3, -0.25) is 19.2 Å². The number of amides is 5. The number of aryl methyl sites for hydroxylation is 1. The molecule has 12 nitrogen and oxygen atoms in total. The molecule has 55 heavy (non-hydrogen) atoms. The molecule has 0 bridgehead atoms. The number of hydrogen-bond acceptors (Lipinski definition) is 7. The highest BCUT2D eigenvalue weighted by atomic mass is 16.6. The molecular weight excluding hydrogens is 699 g/mol. The number of anilines is 1. The smallest absolute Gasteiger partial charge is 0.410 e. The minimum Gasteiger partial charge on any atom is -0.445 e. The Morgan fingerprint density at radius 1 is 0.836 bits per heavy atom. The van der Waals surface area contributed by atoms with Gasteiger partial charge in [-0.2, -0.15) is 0 Å². The first-order valence-electron chi connectivity index (χ1n) is 18.6. The van der Waals surface area contributed by atoms with E-state index in [0.29, 0.717) is 30.5 Å². The van der Waals surface area contributed by atoms with E-state index in [4.69, 9.17) is 10.5 Å². The van der Waals surface area contributed by atoms with Gasteiger partial charge in [-0.25, -0.2) is 9.59 Å². The van der Waals surface area contributed by atoms with Crippen molar-refractivity contribution >= 4 is 73.5 Å². The third-order valence-corrected chi connectivity index (χ3v) is 9.82. The molecule has 5 N–H and O–H groups in total. The standard InChI is InChI=1S/C43H49N5O7/c1-26(2)40(46-27(3)49)37(51)23-33(9-6-22-45-42(44)53)41(52)47-34-18-10-28(11-19-34)25-55-43(54)48(4)24-35(50)20-16-29-12-13-32-15-14-30-7-5-8-31-17-21-36(29)39(32)38(30)31/h5,7-8,10-15,17-19,21,26,33,40H,6,9,16,20,22-25H2,1-4H3,(H,46,49)(H,47,52)(H3,44,45,53)/t33-,40+/m1/s1. The van der Waals surface area contributed by atoms with Crippen molar-refractivity contribution in [2.24, 2.45) is 17.6 Å². The van der Waals surface area contributed by atoms with Gasteiger partial charge in [0.2, 0.25) is 11.8 Å². The number of Topliss-reactive ketones (excluding diaryl/α,β-unsaturated/α-hetero) is 2. The maximum absolute atomic E-state index is 13.3. The van der Waals surface area contributed by atoms with Crippen LogP contribution >= 0.6 is 0 Å². The van der Waals surface area contributed by atoms with Crippen LogP contribution < -0.4 is 21.7 Å². The highest BCUT2D eigenvalue weighted by Gasteiger charge is 2.29. The summed E-state index contributed by atoms with van der Waals surface area (Å²) >= 11 is 0. The summed E-state index contributed by atoms with van der Waals surface area (Å²) in [7, 11) is 1.53. The van der Waals surface area contributed by atoms with Gasteiger partial charge in [-0.05, 0) is 80.8 Å². The maximum Gasteiger partial charge on any atom is 0.410 e. The van der Waals surface area contributed by atoms with Gasteiger partial charge in [-0.1, -0.05) is 80.6 Å². The Bertz CT molecular complexity index is 2170. The summed E-state index contributed by atoms with van der Waals surface area (Å²) in [5.74, 6) is -1.96. The van der Waals surface area contributed by atoms with E-state index in [1.807, 2.05) is 13.8 Å². The Kier molecular flexibility index (Phi) is 13.4. The molecule has 5 aromatic rings. The van der Waals surface area contributed by atoms with Crippen molar-refractivity contribution in [1.82, 2.24) is 15.5 Å². The van der Waals surface area contributed by atoms with E-state index in [0.717, 1.165) is 16.3 Å². The highest BCUT2D eigenvalue weighted by Crippen LogP contribution is 2.36. The molecule has 0 spiro atoms. The number of rotatable bonds is 18. The van der Waals surface area contributed by atoms with E-state index in [1.54, 1.807) is 24.3 Å². The van der Waals surface area contributed by atoms with Crippen molar-refractivity contribution in [3.8, 4) is 0 Å². The maximum atomic E-state index is 13.3. The molecule has 0 saturated heterocycles. The molecule has 0 saturated carbocycles. The fourth-order valence-corrected chi connectivity index (χ4v) is 6.97. The molecule has 5 amide bonds. The van der Waals surface area contributed by atoms with E-state index in [-0.39, 0.29) is 61.8 Å². The molecule has 0 unspecified atom stereocenters. The molecule has 288 valence electrons. The van der Waals surface area contributed by atoms with E-state index < -0.39 is 24.1 Å². The van der Waals surface area contributed by atoms with Gasteiger partial charge in [0, 0.05) is 45.0 Å². The second-order valence-corrected chi connectivity index (χ2v) is 14.4. The summed E-state index contributed by atoms with van der Waals surface area (Å²) in [6.07, 6.45) is 0.805. The number of carbonyl (C=O) groups excluding carboxylic acids is 6. The lowest BCUT2D eigenvalue weighted by atomic mass is 9.89. The molecule has 12 heteroatoms. The molecule has 5 rings (SSSR count). The molecule has 2 atom stereocenters. The van der Waals surface area contributed by atoms with Crippen LogP contribution in [0.25, 0.3) is 32.3 Å². The molecular formula is C43H49N5O7. The van der Waals surface area contributed by atoms with Crippen LogP contribution in [0, 0.1) is 11.8 Å². The highest BCUT2D eigenvalue weighted by molar-refractivity contribution is 6.23. The van der Waals surface area contributed by atoms with Gasteiger partial charge in [0.15, 0.2) is 11.6 Å². The molecule has 0 aliphatic carbocycles. The van der Waals surface area contributed by atoms with Crippen LogP contribution in [0.4, 0.5) is 15.3 Å². The SMILES string of the molecule is CC(=O)N[C@H](C(=O)C[C@@H](CCCNC(N)=O)C(=O)Nc1ccc(COC(=O)N(C)CC(=O)CCc2ccc3ccc4cccc5ccc2c3c45)cc1)C(C)C. The first-order chi connectivity index (χ1) is 26.3. The zero-order chi connectivity index (χ0) is 39.6. The zero-order valence-electron chi connectivity index (χ0n) is 31.8. The first kappa shape index (κ1) is 40.2. The van der Waals surface area contributed by atoms with Gasteiger partial charge in [0.25, 0.3) is 0 Å². The van der Waals surface area contributed by atoms with Crippen LogP contribution in [0.15, 0.2) is 78.9 Å². The van der Waals surface area contributed by atoms with E-state index in [2.05, 4.69) is 70.5 Å². The lowest BCUT2D eigenvalue weighted by molar-refractivity contribution is -0.130. The molecule has 0 radical (unpaired) electrons. The van der Waals surface area contributed by atoms with Crippen LogP contribution in [0.1, 0.15) is 57.6 Å². The van der Waals surface area contributed by atoms with Gasteiger partial charge >= 0.3 is 12.1 Å². The normalized spacial score (nSPS) is 12.4. The van der Waals surface area contributed by atoms with Crippen LogP contribution in [0.5, 0.6) is 0 Å². The number of ketones is 2. The second-order valence-electron chi connectivity index (χ2n) is 14.4. The van der Waals surface area contributed by atoms with Gasteiger partial charge in [-0.15, -0.1) is 0 Å². The summed E-state index contributed by atoms with van der Waals surface area (Å²) in [5.41, 5.74) is 7.38. The van der Waals surface area contributed by atoms with Crippen molar-refractivity contribution in [3.05, 3.63) is 90.0 Å². The van der Waals surface area contributed by atoms with Crippen molar-refractivity contribution < 1.29 is 33.5 Å². The first-order valence-corrected chi connectivity index (χ1v) is 18.6. The van der Waals surface area contributed by atoms with Crippen molar-refractivity contribution in [2.45, 2.75) is 65.5 Å². The van der Waals surface area contributed by atoms with Gasteiger partial charge in [0.05, 0.1) is 12.6 Å². The van der Waals surface area contributed by atoms with Crippen molar-refractivity contribution in [3.63, 3.8) is 0 Å². The van der Waals surface area contributed by atoms with Crippen molar-refractivity contribution in [1.29, 1.82) is 0 Å². The van der Waals surface area contributed by atoms with E-state index >= 15 is 0 Å². The minimum atomic E-state index is -0.735. The predicted molar refractivity (Wildman–Crippen MR) is 214 cm³/mol. The number of nitrogens with two attached hydrogens (primary N) is 1. The summed E-state index contributed by atoms with van der Waals surface area (Å²) < 4.78 is 5.46. The van der Waals surface area contributed by atoms with Gasteiger partial charge in [0.1, 0.15) is 6.61 Å². The van der Waals surface area contributed by atoms with E-state index in [9.17, 15) is 28.8 Å². The summed E-state index contributed by atoms with van der Waals surface area (Å²) in [6, 6.07) is 24.3. The largest absolute Gasteiger partial charge is 0.445 e.